The van der Waals surface area contributed by atoms with Crippen LogP contribution in [0.1, 0.15) is 30.6 Å². The second-order valence-corrected chi connectivity index (χ2v) is 5.24. The molecule has 0 saturated heterocycles. The molecule has 1 unspecified atom stereocenters. The summed E-state index contributed by atoms with van der Waals surface area (Å²) in [5.41, 5.74) is 2.00. The number of hydrogen-bond donors (Lipinski definition) is 1. The first-order chi connectivity index (χ1) is 9.20. The van der Waals surface area contributed by atoms with Crippen LogP contribution < -0.4 is 4.74 Å². The third kappa shape index (κ3) is 3.82. The normalized spacial score (nSPS) is 12.2. The molecule has 0 aliphatic heterocycles. The van der Waals surface area contributed by atoms with Crippen LogP contribution >= 0.6 is 15.9 Å². The second-order valence-electron chi connectivity index (χ2n) is 4.38. The highest BCUT2D eigenvalue weighted by Crippen LogP contribution is 2.29. The number of aliphatic hydroxyl groups is 1. The van der Waals surface area contributed by atoms with E-state index in [1.807, 2.05) is 55.5 Å². The Morgan fingerprint density at radius 3 is 2.58 bits per heavy atom. The molecule has 0 amide bonds. The smallest absolute Gasteiger partial charge is 0.120 e. The Morgan fingerprint density at radius 2 is 1.89 bits per heavy atom. The van der Waals surface area contributed by atoms with Gasteiger partial charge in [0.05, 0.1) is 6.10 Å². The van der Waals surface area contributed by atoms with E-state index in [4.69, 9.17) is 4.74 Å². The number of ether oxygens (including phenoxy) is 1. The van der Waals surface area contributed by atoms with Crippen LogP contribution in [0.4, 0.5) is 0 Å². The summed E-state index contributed by atoms with van der Waals surface area (Å²) in [7, 11) is 0. The van der Waals surface area contributed by atoms with Crippen LogP contribution in [0.3, 0.4) is 0 Å². The Bertz CT molecular complexity index is 526. The van der Waals surface area contributed by atoms with Crippen molar-refractivity contribution in [1.82, 2.24) is 0 Å². The summed E-state index contributed by atoms with van der Waals surface area (Å²) in [5, 5.41) is 9.93. The lowest BCUT2D eigenvalue weighted by molar-refractivity contribution is 0.172. The van der Waals surface area contributed by atoms with Gasteiger partial charge in [-0.25, -0.2) is 0 Å². The lowest BCUT2D eigenvalue weighted by atomic mass is 10.1. The minimum atomic E-state index is -0.463. The first-order valence-corrected chi connectivity index (χ1v) is 7.14. The molecule has 19 heavy (non-hydrogen) atoms. The molecule has 0 aliphatic carbocycles. The van der Waals surface area contributed by atoms with Gasteiger partial charge in [0.15, 0.2) is 0 Å². The highest BCUT2D eigenvalue weighted by Gasteiger charge is 2.10. The van der Waals surface area contributed by atoms with Crippen molar-refractivity contribution in [2.45, 2.75) is 26.1 Å². The van der Waals surface area contributed by atoms with Gasteiger partial charge in [-0.3, -0.25) is 0 Å². The average Bonchev–Trinajstić information content (AvgIpc) is 2.46. The summed E-state index contributed by atoms with van der Waals surface area (Å²) in [4.78, 5) is 0. The lowest BCUT2D eigenvalue weighted by Crippen LogP contribution is -1.99. The van der Waals surface area contributed by atoms with Crippen molar-refractivity contribution in [3.05, 3.63) is 64.1 Å². The molecule has 0 saturated carbocycles. The zero-order valence-electron chi connectivity index (χ0n) is 10.8. The molecule has 0 fully saturated rings. The third-order valence-corrected chi connectivity index (χ3v) is 3.68. The van der Waals surface area contributed by atoms with Gasteiger partial charge in [0.1, 0.15) is 12.4 Å². The van der Waals surface area contributed by atoms with Gasteiger partial charge in [-0.05, 0) is 35.7 Å². The summed E-state index contributed by atoms with van der Waals surface area (Å²) in [6.45, 7) is 2.48. The summed E-state index contributed by atoms with van der Waals surface area (Å²) in [6, 6.07) is 15.7. The lowest BCUT2D eigenvalue weighted by Gasteiger charge is -2.13. The first kappa shape index (κ1) is 14.1. The van der Waals surface area contributed by atoms with Crippen molar-refractivity contribution in [1.29, 1.82) is 0 Å². The SMILES string of the molecule is CCC(O)c1cc(OCc2ccccc2)ccc1Br. The van der Waals surface area contributed by atoms with Gasteiger partial charge >= 0.3 is 0 Å². The van der Waals surface area contributed by atoms with Crippen molar-refractivity contribution in [2.75, 3.05) is 0 Å². The molecule has 2 aromatic carbocycles. The van der Waals surface area contributed by atoms with Crippen LogP contribution in [0, 0.1) is 0 Å². The van der Waals surface area contributed by atoms with E-state index in [0.717, 1.165) is 21.3 Å². The zero-order valence-corrected chi connectivity index (χ0v) is 12.4. The van der Waals surface area contributed by atoms with Gasteiger partial charge in [0, 0.05) is 4.47 Å². The van der Waals surface area contributed by atoms with Crippen molar-refractivity contribution in [3.8, 4) is 5.75 Å². The molecule has 1 atom stereocenters. The van der Waals surface area contributed by atoms with E-state index in [1.54, 1.807) is 0 Å². The summed E-state index contributed by atoms with van der Waals surface area (Å²) >= 11 is 3.45. The van der Waals surface area contributed by atoms with Crippen LogP contribution in [-0.2, 0) is 6.61 Å². The Balaban J connectivity index is 2.09. The number of halogens is 1. The molecule has 1 N–H and O–H groups in total. The molecule has 0 radical (unpaired) electrons. The summed E-state index contributed by atoms with van der Waals surface area (Å²) in [5.74, 6) is 0.773. The molecular formula is C16H17BrO2. The highest BCUT2D eigenvalue weighted by atomic mass is 79.9. The average molecular weight is 321 g/mol. The second kappa shape index (κ2) is 6.73. The minimum Gasteiger partial charge on any atom is -0.489 e. The quantitative estimate of drug-likeness (QED) is 0.880. The maximum atomic E-state index is 9.93. The molecule has 2 aromatic rings. The molecule has 0 bridgehead atoms. The van der Waals surface area contributed by atoms with E-state index in [9.17, 15) is 5.11 Å². The molecule has 2 rings (SSSR count). The molecule has 0 aliphatic rings. The highest BCUT2D eigenvalue weighted by molar-refractivity contribution is 9.10. The molecule has 2 nitrogen and oxygen atoms in total. The van der Waals surface area contributed by atoms with Crippen LogP contribution in [0.5, 0.6) is 5.75 Å². The Labute approximate surface area is 122 Å². The third-order valence-electron chi connectivity index (χ3n) is 2.96. The van der Waals surface area contributed by atoms with Crippen LogP contribution in [0.15, 0.2) is 53.0 Å². The Hall–Kier alpha value is -1.32. The van der Waals surface area contributed by atoms with Crippen molar-refractivity contribution >= 4 is 15.9 Å². The van der Waals surface area contributed by atoms with E-state index in [2.05, 4.69) is 15.9 Å². The van der Waals surface area contributed by atoms with Gasteiger partial charge in [-0.1, -0.05) is 53.2 Å². The fourth-order valence-electron chi connectivity index (χ4n) is 1.83. The predicted octanol–water partition coefficient (Wildman–Crippen LogP) is 4.47. The fraction of sp³-hybridized carbons (Fsp3) is 0.250. The fourth-order valence-corrected chi connectivity index (χ4v) is 2.34. The monoisotopic (exact) mass is 320 g/mol. The van der Waals surface area contributed by atoms with E-state index >= 15 is 0 Å². The number of rotatable bonds is 5. The first-order valence-electron chi connectivity index (χ1n) is 6.35. The van der Waals surface area contributed by atoms with Crippen LogP contribution in [-0.4, -0.2) is 5.11 Å². The number of hydrogen-bond acceptors (Lipinski definition) is 2. The Morgan fingerprint density at radius 1 is 1.16 bits per heavy atom. The molecule has 3 heteroatoms. The van der Waals surface area contributed by atoms with E-state index < -0.39 is 6.10 Å². The Kier molecular flexibility index (Phi) is 5.00. The minimum absolute atomic E-state index is 0.463. The van der Waals surface area contributed by atoms with Crippen molar-refractivity contribution in [3.63, 3.8) is 0 Å². The molecular weight excluding hydrogens is 304 g/mol. The van der Waals surface area contributed by atoms with Crippen molar-refractivity contribution < 1.29 is 9.84 Å². The van der Waals surface area contributed by atoms with Crippen LogP contribution in [0.2, 0.25) is 0 Å². The van der Waals surface area contributed by atoms with E-state index in [1.165, 1.54) is 0 Å². The van der Waals surface area contributed by atoms with Crippen LogP contribution in [0.25, 0.3) is 0 Å². The van der Waals surface area contributed by atoms with Gasteiger partial charge in [-0.2, -0.15) is 0 Å². The van der Waals surface area contributed by atoms with Gasteiger partial charge < -0.3 is 9.84 Å². The number of benzene rings is 2. The molecule has 0 aromatic heterocycles. The predicted molar refractivity (Wildman–Crippen MR) is 80.2 cm³/mol. The summed E-state index contributed by atoms with van der Waals surface area (Å²) < 4.78 is 6.66. The zero-order chi connectivity index (χ0) is 13.7. The van der Waals surface area contributed by atoms with E-state index in [0.29, 0.717) is 13.0 Å². The van der Waals surface area contributed by atoms with Crippen molar-refractivity contribution in [2.24, 2.45) is 0 Å². The number of aliphatic hydroxyl groups excluding tert-OH is 1. The van der Waals surface area contributed by atoms with Gasteiger partial charge in [0.25, 0.3) is 0 Å². The molecule has 0 spiro atoms. The largest absolute Gasteiger partial charge is 0.489 e. The topological polar surface area (TPSA) is 29.5 Å². The standard InChI is InChI=1S/C16H17BrO2/c1-2-16(18)14-10-13(8-9-15(14)17)19-11-12-6-4-3-5-7-12/h3-10,16,18H,2,11H2,1H3. The van der Waals surface area contributed by atoms with E-state index in [-0.39, 0.29) is 0 Å². The summed E-state index contributed by atoms with van der Waals surface area (Å²) in [6.07, 6.45) is 0.218. The van der Waals surface area contributed by atoms with Gasteiger partial charge in [0.2, 0.25) is 0 Å². The molecule has 0 heterocycles. The maximum absolute atomic E-state index is 9.93. The van der Waals surface area contributed by atoms with Gasteiger partial charge in [-0.15, -0.1) is 0 Å². The molecule has 100 valence electrons. The maximum Gasteiger partial charge on any atom is 0.120 e.